The largest absolute Gasteiger partial charge is 0.375 e. The van der Waals surface area contributed by atoms with E-state index in [0.29, 0.717) is 21.8 Å². The van der Waals surface area contributed by atoms with E-state index in [2.05, 4.69) is 6.58 Å². The Morgan fingerprint density at radius 3 is 2.56 bits per heavy atom. The molecule has 5 heteroatoms. The second kappa shape index (κ2) is 6.47. The van der Waals surface area contributed by atoms with Crippen LogP contribution in [-0.2, 0) is 10.4 Å². The average Bonchev–Trinajstić information content (AvgIpc) is 2.84. The van der Waals surface area contributed by atoms with Gasteiger partial charge in [-0.05, 0) is 30.3 Å². The normalized spacial score (nSPS) is 20.3. The first-order valence-electron chi connectivity index (χ1n) is 7.95. The van der Waals surface area contributed by atoms with Crippen molar-refractivity contribution in [1.82, 2.24) is 0 Å². The van der Waals surface area contributed by atoms with Crippen LogP contribution in [0.2, 0.25) is 5.02 Å². The highest BCUT2D eigenvalue weighted by Gasteiger charge is 2.54. The first-order chi connectivity index (χ1) is 11.9. The Morgan fingerprint density at radius 2 is 1.92 bits per heavy atom. The molecule has 2 aromatic rings. The number of anilines is 1. The van der Waals surface area contributed by atoms with Gasteiger partial charge in [-0.1, -0.05) is 42.8 Å². The number of nitrogens with zero attached hydrogens (tertiary/aromatic N) is 1. The van der Waals surface area contributed by atoms with Gasteiger partial charge in [0, 0.05) is 22.7 Å². The molecule has 0 fully saturated rings. The fourth-order valence-corrected chi connectivity index (χ4v) is 3.37. The number of para-hydroxylation sites is 1. The summed E-state index contributed by atoms with van der Waals surface area (Å²) < 4.78 is 0. The van der Waals surface area contributed by atoms with Crippen LogP contribution >= 0.6 is 11.6 Å². The summed E-state index contributed by atoms with van der Waals surface area (Å²) in [5.41, 5.74) is -0.462. The lowest BCUT2D eigenvalue weighted by molar-refractivity contribution is -0.139. The van der Waals surface area contributed by atoms with Crippen LogP contribution in [0.25, 0.3) is 0 Å². The van der Waals surface area contributed by atoms with Gasteiger partial charge in [0.1, 0.15) is 0 Å². The number of Topliss-reactive ketones (excluding diaryl/α,β-unsaturated/α-hetero) is 1. The van der Waals surface area contributed by atoms with Crippen LogP contribution < -0.4 is 4.90 Å². The van der Waals surface area contributed by atoms with Crippen LogP contribution in [0, 0.1) is 5.92 Å². The summed E-state index contributed by atoms with van der Waals surface area (Å²) in [6, 6.07) is 13.4. The topological polar surface area (TPSA) is 57.6 Å². The fourth-order valence-electron chi connectivity index (χ4n) is 3.24. The van der Waals surface area contributed by atoms with Gasteiger partial charge >= 0.3 is 0 Å². The maximum atomic E-state index is 13.0. The molecular formula is C20H18ClNO3. The van der Waals surface area contributed by atoms with Gasteiger partial charge in [0.05, 0.1) is 11.6 Å². The highest BCUT2D eigenvalue weighted by atomic mass is 35.5. The number of aliphatic hydroxyl groups is 1. The van der Waals surface area contributed by atoms with E-state index in [-0.39, 0.29) is 12.3 Å². The fraction of sp³-hybridized carbons (Fsp3) is 0.200. The Kier molecular flexibility index (Phi) is 4.50. The lowest BCUT2D eigenvalue weighted by atomic mass is 9.79. The molecule has 0 radical (unpaired) electrons. The maximum absolute atomic E-state index is 13.0. The maximum Gasteiger partial charge on any atom is 0.264 e. The summed E-state index contributed by atoms with van der Waals surface area (Å²) in [5, 5.41) is 11.8. The van der Waals surface area contributed by atoms with Crippen LogP contribution in [0.15, 0.2) is 61.2 Å². The molecule has 0 saturated carbocycles. The molecule has 2 aromatic carbocycles. The third-order valence-corrected chi connectivity index (χ3v) is 4.89. The summed E-state index contributed by atoms with van der Waals surface area (Å²) in [6.07, 6.45) is 1.59. The minimum Gasteiger partial charge on any atom is -0.375 e. The first-order valence-corrected chi connectivity index (χ1v) is 8.33. The van der Waals surface area contributed by atoms with Crippen molar-refractivity contribution in [2.24, 2.45) is 5.92 Å². The van der Waals surface area contributed by atoms with Gasteiger partial charge in [0.25, 0.3) is 5.91 Å². The predicted molar refractivity (Wildman–Crippen MR) is 97.8 cm³/mol. The number of benzene rings is 2. The van der Waals surface area contributed by atoms with Gasteiger partial charge in [0.2, 0.25) is 0 Å². The van der Waals surface area contributed by atoms with Gasteiger partial charge < -0.3 is 10.0 Å². The van der Waals surface area contributed by atoms with Crippen LogP contribution in [0.1, 0.15) is 22.8 Å². The van der Waals surface area contributed by atoms with Crippen molar-refractivity contribution in [3.63, 3.8) is 0 Å². The Bertz CT molecular complexity index is 846. The van der Waals surface area contributed by atoms with E-state index in [1.807, 2.05) is 0 Å². The molecule has 0 unspecified atom stereocenters. The third kappa shape index (κ3) is 2.68. The van der Waals surface area contributed by atoms with Crippen molar-refractivity contribution in [2.45, 2.75) is 12.5 Å². The van der Waals surface area contributed by atoms with Crippen molar-refractivity contribution in [3.8, 4) is 0 Å². The number of fused-ring (bicyclic) bond motifs is 1. The Hall–Kier alpha value is -2.43. The van der Waals surface area contributed by atoms with Gasteiger partial charge in [-0.3, -0.25) is 9.59 Å². The molecule has 2 atom stereocenters. The highest BCUT2D eigenvalue weighted by Crippen LogP contribution is 2.45. The van der Waals surface area contributed by atoms with Crippen molar-refractivity contribution >= 4 is 29.0 Å². The summed E-state index contributed by atoms with van der Waals surface area (Å²) in [7, 11) is 0. The number of hydrogen-bond acceptors (Lipinski definition) is 3. The number of rotatable bonds is 5. The molecule has 1 N–H and O–H groups in total. The summed E-state index contributed by atoms with van der Waals surface area (Å²) in [6.45, 7) is 5.50. The summed E-state index contributed by atoms with van der Waals surface area (Å²) >= 11 is 5.86. The van der Waals surface area contributed by atoms with E-state index >= 15 is 0 Å². The standard InChI is InChI=1S/C20H18ClNO3/c1-3-12-22-17-7-5-4-6-16(17)20(25,19(22)24)13(2)18(23)14-8-10-15(21)11-9-14/h3-11,13,25H,1,12H2,2H3/t13-,20+/m0/s1. The molecule has 0 aliphatic carbocycles. The minimum atomic E-state index is -1.91. The van der Waals surface area contributed by atoms with Crippen molar-refractivity contribution in [3.05, 3.63) is 77.3 Å². The third-order valence-electron chi connectivity index (χ3n) is 4.64. The van der Waals surface area contributed by atoms with E-state index in [4.69, 9.17) is 11.6 Å². The molecule has 1 aliphatic rings. The molecular weight excluding hydrogens is 338 g/mol. The molecule has 1 aliphatic heterocycles. The van der Waals surface area contributed by atoms with Crippen LogP contribution in [-0.4, -0.2) is 23.3 Å². The first kappa shape index (κ1) is 17.4. The average molecular weight is 356 g/mol. The van der Waals surface area contributed by atoms with Gasteiger partial charge in [0.15, 0.2) is 11.4 Å². The van der Waals surface area contributed by atoms with Gasteiger partial charge in [-0.2, -0.15) is 0 Å². The van der Waals surface area contributed by atoms with Crippen LogP contribution in [0.5, 0.6) is 0 Å². The molecule has 25 heavy (non-hydrogen) atoms. The van der Waals surface area contributed by atoms with Crippen LogP contribution in [0.3, 0.4) is 0 Å². The molecule has 0 aromatic heterocycles. The SMILES string of the molecule is C=CCN1C(=O)[C@@](O)([C@@H](C)C(=O)c2ccc(Cl)cc2)c2ccccc21. The second-order valence-electron chi connectivity index (χ2n) is 6.08. The molecule has 1 amide bonds. The number of carbonyl (C=O) groups excluding carboxylic acids is 2. The molecule has 0 spiro atoms. The number of ketones is 1. The zero-order valence-electron chi connectivity index (χ0n) is 13.8. The lowest BCUT2D eigenvalue weighted by Crippen LogP contribution is -2.47. The Balaban J connectivity index is 2.05. The molecule has 1 heterocycles. The second-order valence-corrected chi connectivity index (χ2v) is 6.52. The number of carbonyl (C=O) groups is 2. The molecule has 4 nitrogen and oxygen atoms in total. The quantitative estimate of drug-likeness (QED) is 0.658. The van der Waals surface area contributed by atoms with E-state index in [1.165, 1.54) is 4.90 Å². The Morgan fingerprint density at radius 1 is 1.28 bits per heavy atom. The molecule has 128 valence electrons. The van der Waals surface area contributed by atoms with E-state index in [9.17, 15) is 14.7 Å². The van der Waals surface area contributed by atoms with Gasteiger partial charge in [-0.15, -0.1) is 6.58 Å². The molecule has 0 saturated heterocycles. The van der Waals surface area contributed by atoms with Crippen LogP contribution in [0.4, 0.5) is 5.69 Å². The molecule has 0 bridgehead atoms. The zero-order valence-corrected chi connectivity index (χ0v) is 14.5. The zero-order chi connectivity index (χ0) is 18.2. The highest BCUT2D eigenvalue weighted by molar-refractivity contribution is 6.30. The smallest absolute Gasteiger partial charge is 0.264 e. The monoisotopic (exact) mass is 355 g/mol. The van der Waals surface area contributed by atoms with E-state index in [1.54, 1.807) is 61.5 Å². The van der Waals surface area contributed by atoms with Gasteiger partial charge in [-0.25, -0.2) is 0 Å². The van der Waals surface area contributed by atoms with E-state index < -0.39 is 17.4 Å². The Labute approximate surface area is 151 Å². The summed E-state index contributed by atoms with van der Waals surface area (Å²) in [4.78, 5) is 27.3. The molecule has 3 rings (SSSR count). The predicted octanol–water partition coefficient (Wildman–Crippen LogP) is 3.58. The van der Waals surface area contributed by atoms with E-state index in [0.717, 1.165) is 0 Å². The number of amides is 1. The number of halogens is 1. The lowest BCUT2D eigenvalue weighted by Gasteiger charge is -2.28. The minimum absolute atomic E-state index is 0.264. The van der Waals surface area contributed by atoms with Crippen molar-refractivity contribution in [2.75, 3.05) is 11.4 Å². The van der Waals surface area contributed by atoms with Crippen molar-refractivity contribution < 1.29 is 14.7 Å². The van der Waals surface area contributed by atoms with Crippen molar-refractivity contribution in [1.29, 1.82) is 0 Å². The summed E-state index contributed by atoms with van der Waals surface area (Å²) in [5.74, 6) is -1.77. The number of hydrogen-bond donors (Lipinski definition) is 1.